The summed E-state index contributed by atoms with van der Waals surface area (Å²) in [5.74, 6) is -1.06. The van der Waals surface area contributed by atoms with Crippen molar-refractivity contribution in [2.75, 3.05) is 13.3 Å². The molecule has 1 aliphatic carbocycles. The Kier molecular flexibility index (Phi) is 4.66. The lowest BCUT2D eigenvalue weighted by atomic mass is 10.1. The number of ether oxygens (including phenoxy) is 2. The Labute approximate surface area is 161 Å². The minimum atomic E-state index is -0.942. The van der Waals surface area contributed by atoms with Crippen molar-refractivity contribution in [3.63, 3.8) is 0 Å². The molecule has 1 aromatic carbocycles. The molecular weight excluding hydrogens is 366 g/mol. The summed E-state index contributed by atoms with van der Waals surface area (Å²) in [6, 6.07) is 4.00. The summed E-state index contributed by atoms with van der Waals surface area (Å²) in [5.41, 5.74) is 0.792. The Balaban J connectivity index is 1.39. The fraction of sp³-hybridized carbons (Fsp3) is 0.474. The van der Waals surface area contributed by atoms with Gasteiger partial charge in [0.05, 0.1) is 6.04 Å². The fourth-order valence-corrected chi connectivity index (χ4v) is 3.84. The molecule has 2 aliphatic heterocycles. The van der Waals surface area contributed by atoms with Crippen molar-refractivity contribution in [1.29, 1.82) is 0 Å². The normalized spacial score (nSPS) is 20.2. The van der Waals surface area contributed by atoms with Gasteiger partial charge in [-0.2, -0.15) is 0 Å². The molecule has 2 heterocycles. The summed E-state index contributed by atoms with van der Waals surface area (Å²) < 4.78 is 10.6. The van der Waals surface area contributed by atoms with Crippen LogP contribution in [0.3, 0.4) is 0 Å². The minimum absolute atomic E-state index is 0.157. The third kappa shape index (κ3) is 3.17. The maximum atomic E-state index is 12.5. The predicted octanol–water partition coefficient (Wildman–Crippen LogP) is 1.33. The van der Waals surface area contributed by atoms with E-state index in [1.54, 1.807) is 25.1 Å². The molecule has 9 heteroatoms. The molecule has 1 saturated carbocycles. The molecule has 0 radical (unpaired) electrons. The van der Waals surface area contributed by atoms with E-state index in [0.717, 1.165) is 28.2 Å². The number of carbonyl (C=O) groups excluding carboxylic acids is 4. The van der Waals surface area contributed by atoms with Crippen LogP contribution in [0.25, 0.3) is 0 Å². The standard InChI is InChI=1S/C19H21N3O6/c1-11(12-6-7-14-15(8-12)28-10-27-14)20-16(23)9-21-17(24)18(25)22(19(21)26)13-4-2-3-5-13/h6-8,11,13H,2-5,9-10H2,1H3,(H,20,23)/t11-/m0/s1. The van der Waals surface area contributed by atoms with Crippen molar-refractivity contribution >= 4 is 23.8 Å². The van der Waals surface area contributed by atoms with E-state index in [2.05, 4.69) is 5.32 Å². The molecule has 1 N–H and O–H groups in total. The number of imide groups is 2. The monoisotopic (exact) mass is 387 g/mol. The smallest absolute Gasteiger partial charge is 0.334 e. The predicted molar refractivity (Wildman–Crippen MR) is 95.3 cm³/mol. The highest BCUT2D eigenvalue weighted by atomic mass is 16.7. The van der Waals surface area contributed by atoms with Crippen LogP contribution < -0.4 is 14.8 Å². The van der Waals surface area contributed by atoms with Crippen molar-refractivity contribution in [3.8, 4) is 11.5 Å². The fourth-order valence-electron chi connectivity index (χ4n) is 3.84. The van der Waals surface area contributed by atoms with E-state index in [1.807, 2.05) is 0 Å². The molecule has 1 aromatic rings. The molecule has 5 amide bonds. The lowest BCUT2D eigenvalue weighted by Crippen LogP contribution is -2.43. The maximum Gasteiger partial charge on any atom is 0.334 e. The van der Waals surface area contributed by atoms with Gasteiger partial charge in [0.25, 0.3) is 0 Å². The highest BCUT2D eigenvalue weighted by molar-refractivity contribution is 6.45. The zero-order chi connectivity index (χ0) is 19.8. The van der Waals surface area contributed by atoms with Gasteiger partial charge in [-0.3, -0.25) is 19.3 Å². The molecule has 9 nitrogen and oxygen atoms in total. The van der Waals surface area contributed by atoms with Gasteiger partial charge in [0.2, 0.25) is 12.7 Å². The van der Waals surface area contributed by atoms with Crippen molar-refractivity contribution < 1.29 is 28.7 Å². The average Bonchev–Trinajstić information content (AvgIpc) is 3.39. The van der Waals surface area contributed by atoms with Crippen molar-refractivity contribution in [3.05, 3.63) is 23.8 Å². The molecule has 1 atom stereocenters. The van der Waals surface area contributed by atoms with Crippen LogP contribution in [-0.4, -0.2) is 52.9 Å². The number of rotatable bonds is 5. The van der Waals surface area contributed by atoms with Crippen molar-refractivity contribution in [2.24, 2.45) is 0 Å². The number of nitrogens with one attached hydrogen (secondary N) is 1. The summed E-state index contributed by atoms with van der Waals surface area (Å²) in [6.45, 7) is 1.45. The van der Waals surface area contributed by atoms with Crippen LogP contribution in [0, 0.1) is 0 Å². The Hall–Kier alpha value is -3.10. The zero-order valence-corrected chi connectivity index (χ0v) is 15.5. The van der Waals surface area contributed by atoms with Gasteiger partial charge < -0.3 is 14.8 Å². The number of hydrogen-bond donors (Lipinski definition) is 1. The van der Waals surface area contributed by atoms with Crippen LogP contribution in [-0.2, 0) is 14.4 Å². The lowest BCUT2D eigenvalue weighted by Gasteiger charge is -2.21. The van der Waals surface area contributed by atoms with E-state index in [0.29, 0.717) is 24.3 Å². The van der Waals surface area contributed by atoms with Crippen LogP contribution in [0.1, 0.15) is 44.2 Å². The Bertz CT molecular complexity index is 848. The Morgan fingerprint density at radius 2 is 1.86 bits per heavy atom. The molecule has 2 fully saturated rings. The van der Waals surface area contributed by atoms with E-state index in [1.165, 1.54) is 0 Å². The second kappa shape index (κ2) is 7.14. The third-order valence-corrected chi connectivity index (χ3v) is 5.35. The quantitative estimate of drug-likeness (QED) is 0.604. The van der Waals surface area contributed by atoms with E-state index in [-0.39, 0.29) is 18.9 Å². The van der Waals surface area contributed by atoms with Crippen molar-refractivity contribution in [2.45, 2.75) is 44.7 Å². The van der Waals surface area contributed by atoms with Gasteiger partial charge in [0, 0.05) is 6.04 Å². The van der Waals surface area contributed by atoms with Gasteiger partial charge in [-0.05, 0) is 37.5 Å². The summed E-state index contributed by atoms with van der Waals surface area (Å²) >= 11 is 0. The molecular formula is C19H21N3O6. The molecule has 0 aromatic heterocycles. The highest BCUT2D eigenvalue weighted by Gasteiger charge is 2.48. The zero-order valence-electron chi connectivity index (χ0n) is 15.5. The molecule has 28 heavy (non-hydrogen) atoms. The van der Waals surface area contributed by atoms with E-state index < -0.39 is 30.3 Å². The number of hydrogen-bond acceptors (Lipinski definition) is 6. The summed E-state index contributed by atoms with van der Waals surface area (Å²) in [4.78, 5) is 51.1. The first kappa shape index (κ1) is 18.3. The SMILES string of the molecule is C[C@H](NC(=O)CN1C(=O)C(=O)N(C2CCCC2)C1=O)c1ccc2c(c1)OCO2. The first-order valence-electron chi connectivity index (χ1n) is 9.33. The first-order valence-corrected chi connectivity index (χ1v) is 9.33. The van der Waals surface area contributed by atoms with Crippen LogP contribution in [0.4, 0.5) is 4.79 Å². The Morgan fingerprint density at radius 3 is 2.61 bits per heavy atom. The first-order chi connectivity index (χ1) is 13.5. The third-order valence-electron chi connectivity index (χ3n) is 5.35. The second-order valence-corrected chi connectivity index (χ2v) is 7.19. The van der Waals surface area contributed by atoms with Crippen molar-refractivity contribution in [1.82, 2.24) is 15.1 Å². The molecule has 0 unspecified atom stereocenters. The number of fused-ring (bicyclic) bond motifs is 1. The Morgan fingerprint density at radius 1 is 1.14 bits per heavy atom. The maximum absolute atomic E-state index is 12.5. The van der Waals surface area contributed by atoms with Gasteiger partial charge in [-0.15, -0.1) is 0 Å². The number of nitrogens with zero attached hydrogens (tertiary/aromatic N) is 2. The van der Waals surface area contributed by atoms with Crippen LogP contribution in [0.5, 0.6) is 11.5 Å². The number of carbonyl (C=O) groups is 4. The second-order valence-electron chi connectivity index (χ2n) is 7.19. The highest BCUT2D eigenvalue weighted by Crippen LogP contribution is 2.34. The van der Waals surface area contributed by atoms with Crippen LogP contribution in [0.2, 0.25) is 0 Å². The van der Waals surface area contributed by atoms with Crippen LogP contribution >= 0.6 is 0 Å². The van der Waals surface area contributed by atoms with Gasteiger partial charge in [-0.25, -0.2) is 9.69 Å². The van der Waals surface area contributed by atoms with Crippen LogP contribution in [0.15, 0.2) is 18.2 Å². The summed E-state index contributed by atoms with van der Waals surface area (Å²) in [6.07, 6.45) is 3.24. The molecule has 1 saturated heterocycles. The molecule has 148 valence electrons. The average molecular weight is 387 g/mol. The number of benzene rings is 1. The van der Waals surface area contributed by atoms with Gasteiger partial charge in [0.15, 0.2) is 11.5 Å². The topological polar surface area (TPSA) is 105 Å². The number of amides is 5. The van der Waals surface area contributed by atoms with Gasteiger partial charge in [0.1, 0.15) is 6.54 Å². The summed E-state index contributed by atoms with van der Waals surface area (Å²) in [5, 5.41) is 2.74. The summed E-state index contributed by atoms with van der Waals surface area (Å²) in [7, 11) is 0. The molecule has 0 bridgehead atoms. The molecule has 4 rings (SSSR count). The van der Waals surface area contributed by atoms with E-state index in [9.17, 15) is 19.2 Å². The van der Waals surface area contributed by atoms with E-state index >= 15 is 0 Å². The van der Waals surface area contributed by atoms with E-state index in [4.69, 9.17) is 9.47 Å². The molecule has 3 aliphatic rings. The minimum Gasteiger partial charge on any atom is -0.454 e. The van der Waals surface area contributed by atoms with Gasteiger partial charge in [-0.1, -0.05) is 18.9 Å². The largest absolute Gasteiger partial charge is 0.454 e. The van der Waals surface area contributed by atoms with Gasteiger partial charge >= 0.3 is 17.8 Å². The molecule has 0 spiro atoms. The number of urea groups is 1. The lowest BCUT2D eigenvalue weighted by molar-refractivity contribution is -0.144.